The number of likely N-dealkylation sites (N-methyl/N-ethyl adjacent to an activating group) is 1. The summed E-state index contributed by atoms with van der Waals surface area (Å²) >= 11 is 2.96. The highest BCUT2D eigenvalue weighted by Gasteiger charge is 2.26. The van der Waals surface area contributed by atoms with Gasteiger partial charge in [-0.15, -0.1) is 0 Å². The van der Waals surface area contributed by atoms with Crippen LogP contribution in [0.3, 0.4) is 0 Å². The van der Waals surface area contributed by atoms with Gasteiger partial charge >= 0.3 is 0 Å². The molecule has 7 heteroatoms. The zero-order chi connectivity index (χ0) is 14.8. The summed E-state index contributed by atoms with van der Waals surface area (Å²) in [7, 11) is -3.77. The number of anilines is 1. The van der Waals surface area contributed by atoms with Gasteiger partial charge in [-0.3, -0.25) is 0 Å². The molecular formula is C12H16BrFN2O2S. The minimum Gasteiger partial charge on any atom is -0.398 e. The molecule has 0 radical (unpaired) electrons. The van der Waals surface area contributed by atoms with Gasteiger partial charge in [0.15, 0.2) is 0 Å². The monoisotopic (exact) mass is 350 g/mol. The second-order valence-corrected chi connectivity index (χ2v) is 6.95. The number of hydrogen-bond donors (Lipinski definition) is 1. The Morgan fingerprint density at radius 2 is 2.11 bits per heavy atom. The van der Waals surface area contributed by atoms with Crippen LogP contribution in [-0.4, -0.2) is 25.8 Å². The van der Waals surface area contributed by atoms with Crippen LogP contribution in [0.4, 0.5) is 10.1 Å². The van der Waals surface area contributed by atoms with Crippen molar-refractivity contribution in [3.63, 3.8) is 0 Å². The van der Waals surface area contributed by atoms with Gasteiger partial charge in [0, 0.05) is 13.1 Å². The maximum atomic E-state index is 13.3. The number of benzene rings is 1. The summed E-state index contributed by atoms with van der Waals surface area (Å²) in [6, 6.07) is 2.17. The van der Waals surface area contributed by atoms with E-state index in [1.807, 2.05) is 0 Å². The molecule has 1 rings (SSSR count). The summed E-state index contributed by atoms with van der Waals surface area (Å²) in [5.74, 6) is -0.598. The quantitative estimate of drug-likeness (QED) is 0.655. The van der Waals surface area contributed by atoms with Crippen LogP contribution < -0.4 is 5.73 Å². The van der Waals surface area contributed by atoms with Crippen molar-refractivity contribution in [2.24, 2.45) is 0 Å². The minimum atomic E-state index is -3.77. The lowest BCUT2D eigenvalue weighted by Crippen LogP contribution is -2.32. The molecule has 1 aromatic carbocycles. The lowest BCUT2D eigenvalue weighted by atomic mass is 10.3. The van der Waals surface area contributed by atoms with Crippen molar-refractivity contribution in [3.8, 4) is 0 Å². The first-order valence-electron chi connectivity index (χ1n) is 5.59. The molecule has 4 nitrogen and oxygen atoms in total. The first kappa shape index (κ1) is 16.1. The molecule has 2 N–H and O–H groups in total. The normalized spacial score (nSPS) is 11.8. The van der Waals surface area contributed by atoms with E-state index in [4.69, 9.17) is 5.73 Å². The number of nitrogen functional groups attached to an aromatic ring is 1. The summed E-state index contributed by atoms with van der Waals surface area (Å²) in [5, 5.41) is 0. The second kappa shape index (κ2) is 6.02. The van der Waals surface area contributed by atoms with Crippen molar-refractivity contribution in [2.45, 2.75) is 18.7 Å². The van der Waals surface area contributed by atoms with Crippen molar-refractivity contribution in [1.29, 1.82) is 0 Å². The molecule has 0 aliphatic carbocycles. The highest BCUT2D eigenvalue weighted by Crippen LogP contribution is 2.28. The number of rotatable bonds is 5. The van der Waals surface area contributed by atoms with E-state index in [0.717, 1.165) is 6.07 Å². The van der Waals surface area contributed by atoms with Gasteiger partial charge in [-0.05, 0) is 35.0 Å². The van der Waals surface area contributed by atoms with Gasteiger partial charge in [-0.2, -0.15) is 4.31 Å². The average Bonchev–Trinajstić information content (AvgIpc) is 2.30. The topological polar surface area (TPSA) is 63.4 Å². The number of halogens is 2. The molecule has 0 atom stereocenters. The van der Waals surface area contributed by atoms with E-state index in [1.54, 1.807) is 13.8 Å². The Kier molecular flexibility index (Phi) is 5.11. The van der Waals surface area contributed by atoms with Crippen LogP contribution in [0.15, 0.2) is 33.7 Å². The highest BCUT2D eigenvalue weighted by molar-refractivity contribution is 9.10. The molecule has 0 bridgehead atoms. The van der Waals surface area contributed by atoms with Crippen LogP contribution in [0.5, 0.6) is 0 Å². The Bertz CT molecular complexity index is 602. The van der Waals surface area contributed by atoms with Crippen LogP contribution in [0, 0.1) is 5.82 Å². The molecule has 0 saturated carbocycles. The lowest BCUT2D eigenvalue weighted by Gasteiger charge is -2.21. The molecule has 0 aliphatic rings. The predicted octanol–water partition coefficient (Wildman–Crippen LogP) is 2.76. The number of sulfonamides is 1. The van der Waals surface area contributed by atoms with E-state index >= 15 is 0 Å². The Balaban J connectivity index is 3.33. The van der Waals surface area contributed by atoms with E-state index in [1.165, 1.54) is 10.4 Å². The molecule has 0 heterocycles. The highest BCUT2D eigenvalue weighted by atomic mass is 79.9. The summed E-state index contributed by atoms with van der Waals surface area (Å²) < 4.78 is 39.5. The molecule has 19 heavy (non-hydrogen) atoms. The van der Waals surface area contributed by atoms with E-state index in [-0.39, 0.29) is 28.1 Å². The zero-order valence-electron chi connectivity index (χ0n) is 10.8. The molecule has 0 spiro atoms. The predicted molar refractivity (Wildman–Crippen MR) is 77.8 cm³/mol. The molecule has 0 fully saturated rings. The van der Waals surface area contributed by atoms with Gasteiger partial charge in [-0.25, -0.2) is 12.8 Å². The molecule has 106 valence electrons. The molecule has 0 aromatic heterocycles. The summed E-state index contributed by atoms with van der Waals surface area (Å²) in [5.41, 5.74) is 6.21. The summed E-state index contributed by atoms with van der Waals surface area (Å²) in [6.07, 6.45) is 0. The van der Waals surface area contributed by atoms with Crippen molar-refractivity contribution in [3.05, 3.63) is 34.6 Å². The number of hydrogen-bond acceptors (Lipinski definition) is 3. The molecular weight excluding hydrogens is 335 g/mol. The second-order valence-electron chi connectivity index (χ2n) is 4.19. The van der Waals surface area contributed by atoms with Crippen LogP contribution >= 0.6 is 15.9 Å². The van der Waals surface area contributed by atoms with Crippen LogP contribution in [-0.2, 0) is 10.0 Å². The van der Waals surface area contributed by atoms with E-state index in [0.29, 0.717) is 5.57 Å². The van der Waals surface area contributed by atoms with Crippen LogP contribution in [0.25, 0.3) is 0 Å². The minimum absolute atomic E-state index is 0.0617. The Hall–Kier alpha value is -0.920. The number of nitrogens with zero attached hydrogens (tertiary/aromatic N) is 1. The van der Waals surface area contributed by atoms with E-state index < -0.39 is 15.8 Å². The molecule has 0 aliphatic heterocycles. The Morgan fingerprint density at radius 1 is 1.53 bits per heavy atom. The third-order valence-corrected chi connectivity index (χ3v) is 5.05. The van der Waals surface area contributed by atoms with Crippen LogP contribution in [0.1, 0.15) is 13.8 Å². The fourth-order valence-electron chi connectivity index (χ4n) is 1.57. The van der Waals surface area contributed by atoms with Crippen molar-refractivity contribution in [1.82, 2.24) is 4.31 Å². The Morgan fingerprint density at radius 3 is 2.58 bits per heavy atom. The Labute approximate surface area is 121 Å². The smallest absolute Gasteiger partial charge is 0.245 e. The van der Waals surface area contributed by atoms with Gasteiger partial charge in [-0.1, -0.05) is 19.1 Å². The molecule has 0 unspecified atom stereocenters. The molecule has 0 saturated heterocycles. The van der Waals surface area contributed by atoms with E-state index in [9.17, 15) is 12.8 Å². The van der Waals surface area contributed by atoms with Gasteiger partial charge in [0.25, 0.3) is 0 Å². The van der Waals surface area contributed by atoms with Gasteiger partial charge in [0.1, 0.15) is 10.7 Å². The third-order valence-electron chi connectivity index (χ3n) is 2.47. The van der Waals surface area contributed by atoms with Gasteiger partial charge in [0.2, 0.25) is 10.0 Å². The summed E-state index contributed by atoms with van der Waals surface area (Å²) in [4.78, 5) is -0.108. The molecule has 1 aromatic rings. The van der Waals surface area contributed by atoms with E-state index in [2.05, 4.69) is 22.5 Å². The van der Waals surface area contributed by atoms with Crippen molar-refractivity contribution < 1.29 is 12.8 Å². The van der Waals surface area contributed by atoms with Gasteiger partial charge in [0.05, 0.1) is 10.2 Å². The maximum Gasteiger partial charge on any atom is 0.245 e. The standard InChI is InChI=1S/C12H16BrFN2O2S/c1-4-16(7-8(2)3)19(17,18)12-5-9(13)10(14)6-11(12)15/h5-6H,2,4,7,15H2,1,3H3. The first-order chi connectivity index (χ1) is 8.70. The average molecular weight is 351 g/mol. The summed E-state index contributed by atoms with van der Waals surface area (Å²) in [6.45, 7) is 7.64. The maximum absolute atomic E-state index is 13.3. The van der Waals surface area contributed by atoms with Gasteiger partial charge < -0.3 is 5.73 Å². The van der Waals surface area contributed by atoms with Crippen LogP contribution in [0.2, 0.25) is 0 Å². The van der Waals surface area contributed by atoms with Crippen molar-refractivity contribution >= 4 is 31.6 Å². The zero-order valence-corrected chi connectivity index (χ0v) is 13.2. The fraction of sp³-hybridized carbons (Fsp3) is 0.333. The SMILES string of the molecule is C=C(C)CN(CC)S(=O)(=O)c1cc(Br)c(F)cc1N. The molecule has 0 amide bonds. The largest absolute Gasteiger partial charge is 0.398 e. The number of nitrogens with two attached hydrogens (primary N) is 1. The fourth-order valence-corrected chi connectivity index (χ4v) is 3.70. The first-order valence-corrected chi connectivity index (χ1v) is 7.82. The van der Waals surface area contributed by atoms with Crippen molar-refractivity contribution in [2.75, 3.05) is 18.8 Å². The lowest BCUT2D eigenvalue weighted by molar-refractivity contribution is 0.453. The third kappa shape index (κ3) is 3.55.